The van der Waals surface area contributed by atoms with Gasteiger partial charge in [0.25, 0.3) is 0 Å². The molecule has 6 heteroatoms. The first-order chi connectivity index (χ1) is 11.3. The maximum atomic E-state index is 12.3. The summed E-state index contributed by atoms with van der Waals surface area (Å²) in [5.74, 6) is -0.172. The lowest BCUT2D eigenvalue weighted by atomic mass is 9.57. The van der Waals surface area contributed by atoms with E-state index in [1.54, 1.807) is 12.1 Å². The maximum absolute atomic E-state index is 12.3. The number of hydrogen-bond donors (Lipinski definition) is 2. The van der Waals surface area contributed by atoms with Gasteiger partial charge < -0.3 is 15.6 Å². The molecular weight excluding hydrogens is 319 g/mol. The Morgan fingerprint density at radius 1 is 1.08 bits per heavy atom. The molecule has 0 aromatic heterocycles. The van der Waals surface area contributed by atoms with Crippen molar-refractivity contribution in [2.24, 2.45) is 11.7 Å². The van der Waals surface area contributed by atoms with Gasteiger partial charge in [0.15, 0.2) is 0 Å². The summed E-state index contributed by atoms with van der Waals surface area (Å²) < 4.78 is 40.8. The molecule has 1 aromatic carbocycles. The molecule has 24 heavy (non-hydrogen) atoms. The Labute approximate surface area is 140 Å². The van der Waals surface area contributed by atoms with E-state index in [2.05, 4.69) is 4.74 Å². The summed E-state index contributed by atoms with van der Waals surface area (Å²) in [6, 6.07) is 5.96. The van der Waals surface area contributed by atoms with Gasteiger partial charge in [0.05, 0.1) is 6.10 Å². The third-order valence-electron chi connectivity index (χ3n) is 5.76. The van der Waals surface area contributed by atoms with Gasteiger partial charge in [-0.05, 0) is 43.4 Å². The van der Waals surface area contributed by atoms with Crippen molar-refractivity contribution in [1.82, 2.24) is 0 Å². The number of alkyl halides is 3. The lowest BCUT2D eigenvalue weighted by Crippen LogP contribution is -2.54. The van der Waals surface area contributed by atoms with Crippen LogP contribution in [0.3, 0.4) is 0 Å². The number of ether oxygens (including phenoxy) is 1. The first-order valence-corrected chi connectivity index (χ1v) is 8.62. The average molecular weight is 343 g/mol. The van der Waals surface area contributed by atoms with E-state index in [0.717, 1.165) is 50.5 Å². The Bertz CT molecular complexity index is 554. The van der Waals surface area contributed by atoms with Crippen molar-refractivity contribution in [3.63, 3.8) is 0 Å². The Balaban J connectivity index is 1.79. The van der Waals surface area contributed by atoms with E-state index >= 15 is 0 Å². The first kappa shape index (κ1) is 17.5. The molecule has 3 unspecified atom stereocenters. The summed E-state index contributed by atoms with van der Waals surface area (Å²) in [5, 5.41) is 11.0. The number of halogens is 3. The van der Waals surface area contributed by atoms with Crippen LogP contribution in [-0.4, -0.2) is 23.6 Å². The lowest BCUT2D eigenvalue weighted by Gasteiger charge is -2.50. The van der Waals surface area contributed by atoms with Crippen LogP contribution in [0.1, 0.15) is 50.5 Å². The Kier molecular flexibility index (Phi) is 4.80. The minimum absolute atomic E-state index is 0.000869. The van der Waals surface area contributed by atoms with Crippen LogP contribution in [0.4, 0.5) is 13.2 Å². The summed E-state index contributed by atoms with van der Waals surface area (Å²) >= 11 is 0. The highest BCUT2D eigenvalue weighted by Gasteiger charge is 2.49. The third-order valence-corrected chi connectivity index (χ3v) is 5.76. The van der Waals surface area contributed by atoms with Crippen LogP contribution in [0.15, 0.2) is 24.3 Å². The van der Waals surface area contributed by atoms with Crippen LogP contribution in [0.5, 0.6) is 5.75 Å². The molecule has 134 valence electrons. The van der Waals surface area contributed by atoms with Crippen molar-refractivity contribution in [2.75, 3.05) is 0 Å². The quantitative estimate of drug-likeness (QED) is 0.872. The summed E-state index contributed by atoms with van der Waals surface area (Å²) in [5.41, 5.74) is 6.73. The predicted molar refractivity (Wildman–Crippen MR) is 84.6 cm³/mol. The molecular formula is C18H24F3NO2. The van der Waals surface area contributed by atoms with Crippen molar-refractivity contribution in [1.29, 1.82) is 0 Å². The van der Waals surface area contributed by atoms with Gasteiger partial charge in [0.2, 0.25) is 0 Å². The third kappa shape index (κ3) is 3.40. The van der Waals surface area contributed by atoms with E-state index in [1.807, 2.05) is 0 Å². The average Bonchev–Trinajstić information content (AvgIpc) is 2.46. The molecule has 0 saturated heterocycles. The van der Waals surface area contributed by atoms with Crippen LogP contribution in [-0.2, 0) is 5.41 Å². The molecule has 0 bridgehead atoms. The molecule has 3 nitrogen and oxygen atoms in total. The molecule has 2 aliphatic rings. The molecule has 2 saturated carbocycles. The van der Waals surface area contributed by atoms with Crippen molar-refractivity contribution in [3.8, 4) is 5.75 Å². The van der Waals surface area contributed by atoms with Crippen LogP contribution in [0.2, 0.25) is 0 Å². The Morgan fingerprint density at radius 3 is 2.21 bits per heavy atom. The van der Waals surface area contributed by atoms with E-state index in [0.29, 0.717) is 0 Å². The molecule has 3 N–H and O–H groups in total. The van der Waals surface area contributed by atoms with Gasteiger partial charge in [0, 0.05) is 17.4 Å². The van der Waals surface area contributed by atoms with Crippen molar-refractivity contribution in [3.05, 3.63) is 29.8 Å². The molecule has 1 aromatic rings. The van der Waals surface area contributed by atoms with Crippen molar-refractivity contribution >= 4 is 0 Å². The zero-order chi connectivity index (χ0) is 17.4. The van der Waals surface area contributed by atoms with Crippen molar-refractivity contribution < 1.29 is 23.0 Å². The lowest BCUT2D eigenvalue weighted by molar-refractivity contribution is -0.274. The maximum Gasteiger partial charge on any atom is 0.573 e. The van der Waals surface area contributed by atoms with Gasteiger partial charge in [0.1, 0.15) is 5.75 Å². The minimum atomic E-state index is -4.69. The SMILES string of the molecule is NC1CCCCC1C(O)C1(c2ccc(OC(F)(F)F)cc2)CCC1. The first-order valence-electron chi connectivity index (χ1n) is 8.62. The normalized spacial score (nSPS) is 28.0. The smallest absolute Gasteiger partial charge is 0.406 e. The topological polar surface area (TPSA) is 55.5 Å². The van der Waals surface area contributed by atoms with Gasteiger partial charge in [-0.25, -0.2) is 0 Å². The number of rotatable bonds is 4. The van der Waals surface area contributed by atoms with Crippen LogP contribution < -0.4 is 10.5 Å². The zero-order valence-electron chi connectivity index (χ0n) is 13.6. The van der Waals surface area contributed by atoms with E-state index in [9.17, 15) is 18.3 Å². The highest BCUT2D eigenvalue weighted by molar-refractivity contribution is 5.35. The van der Waals surface area contributed by atoms with Crippen LogP contribution in [0.25, 0.3) is 0 Å². The van der Waals surface area contributed by atoms with Gasteiger partial charge in [-0.2, -0.15) is 0 Å². The fourth-order valence-electron chi connectivity index (χ4n) is 4.29. The molecule has 0 amide bonds. The number of aliphatic hydroxyl groups excluding tert-OH is 1. The van der Waals surface area contributed by atoms with E-state index in [-0.39, 0.29) is 23.1 Å². The van der Waals surface area contributed by atoms with Gasteiger partial charge in [-0.15, -0.1) is 13.2 Å². The molecule has 0 aliphatic heterocycles. The number of benzene rings is 1. The Hall–Kier alpha value is -1.27. The van der Waals surface area contributed by atoms with Crippen LogP contribution >= 0.6 is 0 Å². The summed E-state index contributed by atoms with van der Waals surface area (Å²) in [6.07, 6.45) is 1.48. The molecule has 0 heterocycles. The molecule has 0 spiro atoms. The molecule has 3 rings (SSSR count). The van der Waals surface area contributed by atoms with Gasteiger partial charge in [-0.1, -0.05) is 31.4 Å². The van der Waals surface area contributed by atoms with Gasteiger partial charge >= 0.3 is 6.36 Å². The second-order valence-corrected chi connectivity index (χ2v) is 7.14. The summed E-state index contributed by atoms with van der Waals surface area (Å²) in [4.78, 5) is 0. The minimum Gasteiger partial charge on any atom is -0.406 e. The molecule has 3 atom stereocenters. The largest absolute Gasteiger partial charge is 0.573 e. The monoisotopic (exact) mass is 343 g/mol. The van der Waals surface area contributed by atoms with Crippen LogP contribution in [0, 0.1) is 5.92 Å². The molecule has 0 radical (unpaired) electrons. The summed E-state index contributed by atoms with van der Waals surface area (Å²) in [7, 11) is 0. The highest BCUT2D eigenvalue weighted by Crippen LogP contribution is 2.50. The number of aliphatic hydroxyl groups is 1. The van der Waals surface area contributed by atoms with Gasteiger partial charge in [-0.3, -0.25) is 0 Å². The van der Waals surface area contributed by atoms with E-state index in [4.69, 9.17) is 5.73 Å². The zero-order valence-corrected chi connectivity index (χ0v) is 13.6. The number of nitrogens with two attached hydrogens (primary N) is 1. The number of hydrogen-bond acceptors (Lipinski definition) is 3. The highest BCUT2D eigenvalue weighted by atomic mass is 19.4. The fraction of sp³-hybridized carbons (Fsp3) is 0.667. The molecule has 2 fully saturated rings. The molecule has 2 aliphatic carbocycles. The Morgan fingerprint density at radius 2 is 1.71 bits per heavy atom. The fourth-order valence-corrected chi connectivity index (χ4v) is 4.29. The second-order valence-electron chi connectivity index (χ2n) is 7.14. The summed E-state index contributed by atoms with van der Waals surface area (Å²) in [6.45, 7) is 0. The standard InChI is InChI=1S/C18H24F3NO2/c19-18(20,21)24-13-8-6-12(7-9-13)17(10-3-11-17)16(23)14-4-1-2-5-15(14)22/h6-9,14-16,23H,1-5,10-11,22H2. The predicted octanol–water partition coefficient (Wildman–Crippen LogP) is 3.89. The second kappa shape index (κ2) is 6.56. The van der Waals surface area contributed by atoms with Crippen molar-refractivity contribution in [2.45, 2.75) is 68.9 Å². The van der Waals surface area contributed by atoms with E-state index in [1.165, 1.54) is 12.1 Å². The van der Waals surface area contributed by atoms with E-state index < -0.39 is 12.5 Å².